The topological polar surface area (TPSA) is 99.1 Å². The molecule has 0 aliphatic carbocycles. The van der Waals surface area contributed by atoms with Crippen molar-refractivity contribution in [3.05, 3.63) is 35.8 Å². The highest BCUT2D eigenvalue weighted by Gasteiger charge is 2.16. The fraction of sp³-hybridized carbons (Fsp3) is 0.267. The molecule has 0 fully saturated rings. The number of allylic oxidation sites excluding steroid dienone is 2. The minimum Gasteiger partial charge on any atom is -0.511 e. The molecule has 0 unspecified atom stereocenters. The zero-order chi connectivity index (χ0) is 15.4. The van der Waals surface area contributed by atoms with Gasteiger partial charge in [0.2, 0.25) is 0 Å². The first-order chi connectivity index (χ1) is 10.0. The maximum atomic E-state index is 10.5. The van der Waals surface area contributed by atoms with E-state index in [1.54, 1.807) is 11.6 Å². The number of aliphatic carboxylic acids is 1. The van der Waals surface area contributed by atoms with Crippen LogP contribution in [0.2, 0.25) is 0 Å². The van der Waals surface area contributed by atoms with Gasteiger partial charge in [-0.1, -0.05) is 12.1 Å². The summed E-state index contributed by atoms with van der Waals surface area (Å²) in [5, 5.41) is 27.9. The molecule has 0 atom stereocenters. The lowest BCUT2D eigenvalue weighted by molar-refractivity contribution is -0.137. The number of aliphatic hydroxyl groups excluding tert-OH is 1. The lowest BCUT2D eigenvalue weighted by Gasteiger charge is -2.04. The number of carboxylic acid groups (broad SMARTS) is 1. The van der Waals surface area contributed by atoms with Crippen molar-refractivity contribution < 1.29 is 15.0 Å². The van der Waals surface area contributed by atoms with E-state index in [0.29, 0.717) is 5.82 Å². The Morgan fingerprint density at radius 3 is 2.67 bits per heavy atom. The van der Waals surface area contributed by atoms with Crippen LogP contribution in [-0.2, 0) is 11.8 Å². The first-order valence-electron chi connectivity index (χ1n) is 6.50. The summed E-state index contributed by atoms with van der Waals surface area (Å²) in [4.78, 5) is 14.8. The third-order valence-corrected chi connectivity index (χ3v) is 3.22. The van der Waals surface area contributed by atoms with Gasteiger partial charge in [-0.25, -0.2) is 4.98 Å². The number of aryl methyl sites for hydroxylation is 1. The van der Waals surface area contributed by atoms with E-state index in [4.69, 9.17) is 5.11 Å². The van der Waals surface area contributed by atoms with Gasteiger partial charge in [-0.2, -0.15) is 5.26 Å². The second kappa shape index (κ2) is 6.09. The number of fused-ring (bicyclic) bond motifs is 1. The molecule has 0 aliphatic heterocycles. The average molecular weight is 285 g/mol. The van der Waals surface area contributed by atoms with Gasteiger partial charge in [-0.15, -0.1) is 0 Å². The summed E-state index contributed by atoms with van der Waals surface area (Å²) < 4.78 is 1.74. The number of carboxylic acids is 1. The van der Waals surface area contributed by atoms with E-state index in [1.807, 2.05) is 30.3 Å². The zero-order valence-electron chi connectivity index (χ0n) is 11.6. The fourth-order valence-corrected chi connectivity index (χ4v) is 2.14. The minimum absolute atomic E-state index is 0.0503. The molecular formula is C15H15N3O3. The Labute approximate surface area is 121 Å². The first kappa shape index (κ1) is 14.6. The van der Waals surface area contributed by atoms with Gasteiger partial charge in [0.05, 0.1) is 11.0 Å². The highest BCUT2D eigenvalue weighted by Crippen LogP contribution is 2.23. The SMILES string of the molecule is Cn1c(/C(C#N)=C(\O)CCCC(=O)O)nc2ccccc21. The predicted molar refractivity (Wildman–Crippen MR) is 77.4 cm³/mol. The number of rotatable bonds is 5. The van der Waals surface area contributed by atoms with Gasteiger partial charge >= 0.3 is 5.97 Å². The molecular weight excluding hydrogens is 270 g/mol. The molecule has 2 aromatic rings. The number of para-hydroxylation sites is 2. The van der Waals surface area contributed by atoms with E-state index >= 15 is 0 Å². The maximum absolute atomic E-state index is 10.5. The van der Waals surface area contributed by atoms with Crippen molar-refractivity contribution in [1.29, 1.82) is 5.26 Å². The summed E-state index contributed by atoms with van der Waals surface area (Å²) in [6.07, 6.45) is 0.361. The van der Waals surface area contributed by atoms with Crippen molar-refractivity contribution in [3.63, 3.8) is 0 Å². The number of nitriles is 1. The number of aliphatic hydroxyl groups is 1. The Balaban J connectivity index is 2.37. The monoisotopic (exact) mass is 285 g/mol. The summed E-state index contributed by atoms with van der Waals surface area (Å²) in [6, 6.07) is 9.38. The highest BCUT2D eigenvalue weighted by molar-refractivity contribution is 5.83. The van der Waals surface area contributed by atoms with E-state index in [2.05, 4.69) is 4.98 Å². The molecule has 0 amide bonds. The third-order valence-electron chi connectivity index (χ3n) is 3.22. The summed E-state index contributed by atoms with van der Waals surface area (Å²) in [5.41, 5.74) is 1.68. The van der Waals surface area contributed by atoms with Crippen molar-refractivity contribution in [2.24, 2.45) is 7.05 Å². The maximum Gasteiger partial charge on any atom is 0.303 e. The van der Waals surface area contributed by atoms with Crippen LogP contribution in [0.1, 0.15) is 25.1 Å². The smallest absolute Gasteiger partial charge is 0.303 e. The minimum atomic E-state index is -0.927. The van der Waals surface area contributed by atoms with Crippen molar-refractivity contribution in [2.75, 3.05) is 0 Å². The Hall–Kier alpha value is -2.81. The molecule has 1 heterocycles. The third kappa shape index (κ3) is 3.03. The number of hydrogen-bond donors (Lipinski definition) is 2. The Morgan fingerprint density at radius 2 is 2.05 bits per heavy atom. The van der Waals surface area contributed by atoms with Gasteiger partial charge in [-0.3, -0.25) is 4.79 Å². The first-order valence-corrected chi connectivity index (χ1v) is 6.50. The molecule has 2 N–H and O–H groups in total. The summed E-state index contributed by atoms with van der Waals surface area (Å²) >= 11 is 0. The molecule has 0 spiro atoms. The van der Waals surface area contributed by atoms with Crippen LogP contribution in [0, 0.1) is 11.3 Å². The average Bonchev–Trinajstić information content (AvgIpc) is 2.77. The molecule has 1 aromatic carbocycles. The van der Waals surface area contributed by atoms with Crippen LogP contribution in [-0.4, -0.2) is 25.7 Å². The van der Waals surface area contributed by atoms with Crippen LogP contribution < -0.4 is 0 Å². The second-order valence-electron chi connectivity index (χ2n) is 4.66. The van der Waals surface area contributed by atoms with Crippen LogP contribution >= 0.6 is 0 Å². The summed E-state index contributed by atoms with van der Waals surface area (Å²) in [5.74, 6) is -0.673. The molecule has 0 saturated heterocycles. The number of hydrogen-bond acceptors (Lipinski definition) is 4. The molecule has 0 bridgehead atoms. The van der Waals surface area contributed by atoms with Crippen molar-refractivity contribution in [3.8, 4) is 6.07 Å². The molecule has 0 saturated carbocycles. The Bertz CT molecular complexity index is 753. The van der Waals surface area contributed by atoms with Crippen LogP contribution in [0.3, 0.4) is 0 Å². The quantitative estimate of drug-likeness (QED) is 0.649. The van der Waals surface area contributed by atoms with Crippen molar-refractivity contribution in [2.45, 2.75) is 19.3 Å². The summed E-state index contributed by atoms with van der Waals surface area (Å²) in [7, 11) is 1.77. The molecule has 6 nitrogen and oxygen atoms in total. The van der Waals surface area contributed by atoms with Crippen molar-refractivity contribution in [1.82, 2.24) is 9.55 Å². The van der Waals surface area contributed by atoms with Gasteiger partial charge in [0.15, 0.2) is 5.82 Å². The normalized spacial score (nSPS) is 12.0. The van der Waals surface area contributed by atoms with Crippen LogP contribution in [0.25, 0.3) is 16.6 Å². The fourth-order valence-electron chi connectivity index (χ4n) is 2.14. The van der Waals surface area contributed by atoms with E-state index in [1.165, 1.54) is 0 Å². The van der Waals surface area contributed by atoms with Crippen LogP contribution in [0.5, 0.6) is 0 Å². The number of carbonyl (C=O) groups is 1. The van der Waals surface area contributed by atoms with E-state index in [0.717, 1.165) is 11.0 Å². The predicted octanol–water partition coefficient (Wildman–Crippen LogP) is 2.62. The molecule has 21 heavy (non-hydrogen) atoms. The Kier molecular flexibility index (Phi) is 4.24. The Morgan fingerprint density at radius 1 is 1.33 bits per heavy atom. The number of nitrogens with zero attached hydrogens (tertiary/aromatic N) is 3. The molecule has 108 valence electrons. The largest absolute Gasteiger partial charge is 0.511 e. The van der Waals surface area contributed by atoms with Gasteiger partial charge < -0.3 is 14.8 Å². The second-order valence-corrected chi connectivity index (χ2v) is 4.66. The number of benzene rings is 1. The number of aromatic nitrogens is 2. The van der Waals surface area contributed by atoms with Gasteiger partial charge in [0, 0.05) is 19.9 Å². The number of imidazole rings is 1. The zero-order valence-corrected chi connectivity index (χ0v) is 11.6. The highest BCUT2D eigenvalue weighted by atomic mass is 16.4. The van der Waals surface area contributed by atoms with Crippen LogP contribution in [0.15, 0.2) is 30.0 Å². The lowest BCUT2D eigenvalue weighted by Crippen LogP contribution is -2.00. The van der Waals surface area contributed by atoms with Crippen molar-refractivity contribution >= 4 is 22.6 Å². The van der Waals surface area contributed by atoms with Gasteiger partial charge in [-0.05, 0) is 18.6 Å². The van der Waals surface area contributed by atoms with E-state index < -0.39 is 5.97 Å². The van der Waals surface area contributed by atoms with Crippen LogP contribution in [0.4, 0.5) is 0 Å². The molecule has 2 rings (SSSR count). The lowest BCUT2D eigenvalue weighted by atomic mass is 10.1. The van der Waals surface area contributed by atoms with E-state index in [9.17, 15) is 15.2 Å². The molecule has 0 radical (unpaired) electrons. The molecule has 0 aliphatic rings. The van der Waals surface area contributed by atoms with E-state index in [-0.39, 0.29) is 30.6 Å². The molecule has 6 heteroatoms. The van der Waals surface area contributed by atoms with Gasteiger partial charge in [0.1, 0.15) is 17.4 Å². The molecule has 1 aromatic heterocycles. The van der Waals surface area contributed by atoms with Gasteiger partial charge in [0.25, 0.3) is 0 Å². The standard InChI is InChI=1S/C15H15N3O3/c1-18-12-6-3-2-5-11(12)17-15(18)10(9-16)13(19)7-4-8-14(20)21/h2-3,5-6,19H,4,7-8H2,1H3,(H,20,21)/b13-10-. The summed E-state index contributed by atoms with van der Waals surface area (Å²) in [6.45, 7) is 0.